The molecule has 3 rings (SSSR count). The summed E-state index contributed by atoms with van der Waals surface area (Å²) in [5.74, 6) is -1.15. The summed E-state index contributed by atoms with van der Waals surface area (Å²) in [4.78, 5) is 48.3. The summed E-state index contributed by atoms with van der Waals surface area (Å²) < 4.78 is 16.2. The van der Waals surface area contributed by atoms with Crippen molar-refractivity contribution in [2.24, 2.45) is 5.10 Å². The van der Waals surface area contributed by atoms with E-state index in [4.69, 9.17) is 14.2 Å². The lowest BCUT2D eigenvalue weighted by Gasteiger charge is -2.13. The number of hydrogen-bond acceptors (Lipinski definition) is 8. The van der Waals surface area contributed by atoms with E-state index in [2.05, 4.69) is 21.2 Å². The Morgan fingerprint density at radius 2 is 1.41 bits per heavy atom. The summed E-state index contributed by atoms with van der Waals surface area (Å²) in [7, 11) is 0. The molecule has 0 fully saturated rings. The number of aryl methyl sites for hydroxylation is 1. The van der Waals surface area contributed by atoms with E-state index in [0.717, 1.165) is 5.56 Å². The van der Waals surface area contributed by atoms with Crippen LogP contribution in [-0.2, 0) is 19.1 Å². The van der Waals surface area contributed by atoms with Crippen molar-refractivity contribution < 1.29 is 33.4 Å². The standard InChI is InChI=1S/C30H32N4O7/c1-4-39-26-16-21(18-31-34-28(36)17-27(35)32-23-11-6-20(3)7-12-23)8-15-25(26)41-19-29(37)33-24-13-9-22(10-14-24)30(38)40-5-2/h6-16,18H,4-5,17,19H2,1-3H3,(H,32,35)(H,33,37)(H,34,36). The predicted molar refractivity (Wildman–Crippen MR) is 154 cm³/mol. The highest BCUT2D eigenvalue weighted by molar-refractivity contribution is 6.03. The van der Waals surface area contributed by atoms with Crippen LogP contribution < -0.4 is 25.5 Å². The lowest BCUT2D eigenvalue weighted by atomic mass is 10.2. The fourth-order valence-corrected chi connectivity index (χ4v) is 3.44. The summed E-state index contributed by atoms with van der Waals surface area (Å²) in [5, 5.41) is 9.24. The SMILES string of the molecule is CCOC(=O)c1ccc(NC(=O)COc2ccc(C=NNC(=O)CC(=O)Nc3ccc(C)cc3)cc2OCC)cc1. The van der Waals surface area contributed by atoms with Crippen LogP contribution in [0.4, 0.5) is 11.4 Å². The van der Waals surface area contributed by atoms with Crippen LogP contribution in [0, 0.1) is 6.92 Å². The number of hydrazone groups is 1. The molecule has 0 unspecified atom stereocenters. The van der Waals surface area contributed by atoms with Crippen LogP contribution in [0.25, 0.3) is 0 Å². The van der Waals surface area contributed by atoms with Crippen molar-refractivity contribution in [3.8, 4) is 11.5 Å². The molecular weight excluding hydrogens is 528 g/mol. The average molecular weight is 561 g/mol. The van der Waals surface area contributed by atoms with Gasteiger partial charge in [0.1, 0.15) is 6.42 Å². The average Bonchev–Trinajstić information content (AvgIpc) is 2.94. The zero-order chi connectivity index (χ0) is 29.6. The summed E-state index contributed by atoms with van der Waals surface area (Å²) in [6.45, 7) is 5.81. The van der Waals surface area contributed by atoms with Gasteiger partial charge in [-0.3, -0.25) is 14.4 Å². The largest absolute Gasteiger partial charge is 0.490 e. The molecule has 11 heteroatoms. The number of hydrogen-bond donors (Lipinski definition) is 3. The van der Waals surface area contributed by atoms with Gasteiger partial charge in [-0.15, -0.1) is 0 Å². The van der Waals surface area contributed by atoms with E-state index in [1.54, 1.807) is 68.4 Å². The molecule has 0 heterocycles. The van der Waals surface area contributed by atoms with E-state index in [9.17, 15) is 19.2 Å². The first-order chi connectivity index (χ1) is 19.8. The molecule has 0 bridgehead atoms. The molecule has 3 amide bonds. The minimum atomic E-state index is -0.572. The number of esters is 1. The van der Waals surface area contributed by atoms with Gasteiger partial charge in [0.25, 0.3) is 5.91 Å². The maximum Gasteiger partial charge on any atom is 0.338 e. The molecule has 0 aliphatic rings. The topological polar surface area (TPSA) is 144 Å². The van der Waals surface area contributed by atoms with Crippen LogP contribution in [0.3, 0.4) is 0 Å². The molecule has 0 saturated heterocycles. The Morgan fingerprint density at radius 1 is 0.756 bits per heavy atom. The highest BCUT2D eigenvalue weighted by Gasteiger charge is 2.12. The first kappa shape index (κ1) is 30.4. The number of nitrogens with zero attached hydrogens (tertiary/aromatic N) is 1. The van der Waals surface area contributed by atoms with Crippen molar-refractivity contribution in [2.75, 3.05) is 30.5 Å². The molecule has 0 radical (unpaired) electrons. The molecule has 214 valence electrons. The number of benzene rings is 3. The summed E-state index contributed by atoms with van der Waals surface area (Å²) >= 11 is 0. The molecule has 0 spiro atoms. The zero-order valence-corrected chi connectivity index (χ0v) is 23.1. The number of ether oxygens (including phenoxy) is 3. The molecule has 3 aromatic carbocycles. The van der Waals surface area contributed by atoms with Gasteiger partial charge in [-0.25, -0.2) is 10.2 Å². The maximum atomic E-state index is 12.4. The van der Waals surface area contributed by atoms with Crippen molar-refractivity contribution in [3.05, 3.63) is 83.4 Å². The lowest BCUT2D eigenvalue weighted by Crippen LogP contribution is -2.24. The monoisotopic (exact) mass is 560 g/mol. The van der Waals surface area contributed by atoms with Crippen molar-refractivity contribution in [3.63, 3.8) is 0 Å². The Kier molecular flexibility index (Phi) is 11.4. The van der Waals surface area contributed by atoms with E-state index >= 15 is 0 Å². The molecule has 3 aromatic rings. The van der Waals surface area contributed by atoms with Gasteiger partial charge < -0.3 is 24.8 Å². The van der Waals surface area contributed by atoms with Crippen molar-refractivity contribution in [2.45, 2.75) is 27.2 Å². The number of nitrogens with one attached hydrogen (secondary N) is 3. The van der Waals surface area contributed by atoms with Gasteiger partial charge in [-0.1, -0.05) is 17.7 Å². The second-order valence-electron chi connectivity index (χ2n) is 8.66. The van der Waals surface area contributed by atoms with Crippen LogP contribution in [0.15, 0.2) is 71.8 Å². The fraction of sp³-hybridized carbons (Fsp3) is 0.233. The van der Waals surface area contributed by atoms with Crippen LogP contribution in [0.1, 0.15) is 41.8 Å². The predicted octanol–water partition coefficient (Wildman–Crippen LogP) is 4.07. The lowest BCUT2D eigenvalue weighted by molar-refractivity contribution is -0.126. The number of amides is 3. The highest BCUT2D eigenvalue weighted by atomic mass is 16.5. The third-order valence-electron chi connectivity index (χ3n) is 5.37. The zero-order valence-electron chi connectivity index (χ0n) is 23.1. The van der Waals surface area contributed by atoms with E-state index in [1.165, 1.54) is 6.21 Å². The third-order valence-corrected chi connectivity index (χ3v) is 5.37. The second-order valence-corrected chi connectivity index (χ2v) is 8.66. The van der Waals surface area contributed by atoms with Gasteiger partial charge in [0.15, 0.2) is 18.1 Å². The Bertz CT molecular complexity index is 1390. The molecule has 41 heavy (non-hydrogen) atoms. The smallest absolute Gasteiger partial charge is 0.338 e. The van der Waals surface area contributed by atoms with Gasteiger partial charge in [0.2, 0.25) is 11.8 Å². The highest BCUT2D eigenvalue weighted by Crippen LogP contribution is 2.28. The quantitative estimate of drug-likeness (QED) is 0.124. The number of anilines is 2. The molecule has 11 nitrogen and oxygen atoms in total. The van der Waals surface area contributed by atoms with Gasteiger partial charge in [0.05, 0.1) is 25.0 Å². The first-order valence-corrected chi connectivity index (χ1v) is 12.9. The van der Waals surface area contributed by atoms with Crippen molar-refractivity contribution in [1.29, 1.82) is 0 Å². The van der Waals surface area contributed by atoms with Gasteiger partial charge in [-0.05, 0) is 80.9 Å². The van der Waals surface area contributed by atoms with Crippen LogP contribution in [-0.4, -0.2) is 49.7 Å². The molecule has 0 aliphatic heterocycles. The van der Waals surface area contributed by atoms with Crippen LogP contribution in [0.5, 0.6) is 11.5 Å². The van der Waals surface area contributed by atoms with E-state index in [0.29, 0.717) is 40.6 Å². The molecule has 0 atom stereocenters. The number of rotatable bonds is 13. The third kappa shape index (κ3) is 10.1. The molecular formula is C30H32N4O7. The minimum Gasteiger partial charge on any atom is -0.490 e. The Morgan fingerprint density at radius 3 is 2.07 bits per heavy atom. The van der Waals surface area contributed by atoms with Crippen LogP contribution in [0.2, 0.25) is 0 Å². The van der Waals surface area contributed by atoms with Crippen LogP contribution >= 0.6 is 0 Å². The summed E-state index contributed by atoms with van der Waals surface area (Å²) in [6.07, 6.45) is 1.01. The molecule has 0 saturated carbocycles. The summed E-state index contributed by atoms with van der Waals surface area (Å²) in [6, 6.07) is 18.5. The number of carbonyl (C=O) groups excluding carboxylic acids is 4. The van der Waals surface area contributed by atoms with Crippen molar-refractivity contribution in [1.82, 2.24) is 5.43 Å². The molecule has 0 aromatic heterocycles. The normalized spacial score (nSPS) is 10.5. The van der Waals surface area contributed by atoms with Gasteiger partial charge >= 0.3 is 5.97 Å². The fourth-order valence-electron chi connectivity index (χ4n) is 3.44. The minimum absolute atomic E-state index is 0.276. The number of carbonyl (C=O) groups is 4. The first-order valence-electron chi connectivity index (χ1n) is 12.9. The Labute approximate surface area is 237 Å². The molecule has 0 aliphatic carbocycles. The Balaban J connectivity index is 1.50. The summed E-state index contributed by atoms with van der Waals surface area (Å²) in [5.41, 5.74) is 5.46. The van der Waals surface area contributed by atoms with Crippen molar-refractivity contribution >= 4 is 41.3 Å². The second kappa shape index (κ2) is 15.4. The molecule has 3 N–H and O–H groups in total. The van der Waals surface area contributed by atoms with E-state index in [-0.39, 0.29) is 19.6 Å². The van der Waals surface area contributed by atoms with Gasteiger partial charge in [0, 0.05) is 11.4 Å². The van der Waals surface area contributed by atoms with E-state index < -0.39 is 23.7 Å². The maximum absolute atomic E-state index is 12.4. The van der Waals surface area contributed by atoms with E-state index in [1.807, 2.05) is 19.1 Å². The Hall–Kier alpha value is -5.19. The van der Waals surface area contributed by atoms with Gasteiger partial charge in [-0.2, -0.15) is 5.10 Å².